The Kier molecular flexibility index (Phi) is 5.61. The highest BCUT2D eigenvalue weighted by Gasteiger charge is 2.29. The molecule has 0 bridgehead atoms. The SMILES string of the molecule is CN(c1ccc(-c2ccc(-c3cnn(C(F)F)c3)cc2O)nn1)[C@H]1CCCC[C@H]1F. The average molecular weight is 417 g/mol. The lowest BCUT2D eigenvalue weighted by atomic mass is 9.92. The minimum Gasteiger partial charge on any atom is -0.507 e. The molecule has 4 rings (SSSR count). The van der Waals surface area contributed by atoms with Crippen molar-refractivity contribution in [2.24, 2.45) is 0 Å². The van der Waals surface area contributed by atoms with Crippen LogP contribution < -0.4 is 4.90 Å². The number of phenolic OH excluding ortho intramolecular Hbond substituents is 1. The van der Waals surface area contributed by atoms with Gasteiger partial charge in [0.2, 0.25) is 0 Å². The number of hydrogen-bond donors (Lipinski definition) is 1. The van der Waals surface area contributed by atoms with Crippen molar-refractivity contribution in [3.63, 3.8) is 0 Å². The molecular weight excluding hydrogens is 395 g/mol. The van der Waals surface area contributed by atoms with Gasteiger partial charge in [-0.25, -0.2) is 9.07 Å². The highest BCUT2D eigenvalue weighted by atomic mass is 19.3. The van der Waals surface area contributed by atoms with Crippen molar-refractivity contribution in [3.8, 4) is 28.1 Å². The molecule has 1 aliphatic carbocycles. The molecule has 0 amide bonds. The van der Waals surface area contributed by atoms with Gasteiger partial charge in [0.15, 0.2) is 5.82 Å². The molecule has 2 aromatic heterocycles. The van der Waals surface area contributed by atoms with E-state index in [1.807, 2.05) is 11.9 Å². The molecule has 0 aliphatic heterocycles. The summed E-state index contributed by atoms with van der Waals surface area (Å²) < 4.78 is 40.2. The summed E-state index contributed by atoms with van der Waals surface area (Å²) in [6.45, 7) is -2.72. The van der Waals surface area contributed by atoms with Crippen LogP contribution in [0.25, 0.3) is 22.4 Å². The van der Waals surface area contributed by atoms with Gasteiger partial charge in [0.05, 0.1) is 17.9 Å². The Morgan fingerprint density at radius 1 is 1.10 bits per heavy atom. The van der Waals surface area contributed by atoms with E-state index in [4.69, 9.17) is 0 Å². The first-order chi connectivity index (χ1) is 14.4. The molecule has 1 N–H and O–H groups in total. The van der Waals surface area contributed by atoms with Crippen molar-refractivity contribution in [2.75, 3.05) is 11.9 Å². The van der Waals surface area contributed by atoms with E-state index < -0.39 is 12.7 Å². The minimum atomic E-state index is -2.72. The average Bonchev–Trinajstić information content (AvgIpc) is 3.24. The summed E-state index contributed by atoms with van der Waals surface area (Å²) in [6, 6.07) is 8.08. The van der Waals surface area contributed by atoms with E-state index in [0.29, 0.717) is 39.3 Å². The van der Waals surface area contributed by atoms with E-state index in [0.717, 1.165) is 19.3 Å². The maximum absolute atomic E-state index is 14.2. The fraction of sp³-hybridized carbons (Fsp3) is 0.381. The Morgan fingerprint density at radius 3 is 2.53 bits per heavy atom. The van der Waals surface area contributed by atoms with Crippen LogP contribution >= 0.6 is 0 Å². The van der Waals surface area contributed by atoms with E-state index in [2.05, 4.69) is 15.3 Å². The lowest BCUT2D eigenvalue weighted by Gasteiger charge is -2.34. The Bertz CT molecular complexity index is 1010. The predicted octanol–water partition coefficient (Wildman–Crippen LogP) is 4.82. The van der Waals surface area contributed by atoms with E-state index >= 15 is 0 Å². The number of anilines is 1. The summed E-state index contributed by atoms with van der Waals surface area (Å²) in [5.41, 5.74) is 1.94. The molecule has 0 unspecified atom stereocenters. The van der Waals surface area contributed by atoms with Crippen LogP contribution in [0.5, 0.6) is 5.75 Å². The Morgan fingerprint density at radius 2 is 1.90 bits per heavy atom. The maximum atomic E-state index is 14.2. The zero-order valence-corrected chi connectivity index (χ0v) is 16.4. The first kappa shape index (κ1) is 20.2. The van der Waals surface area contributed by atoms with Crippen LogP contribution in [0.15, 0.2) is 42.7 Å². The summed E-state index contributed by atoms with van der Waals surface area (Å²) in [4.78, 5) is 1.82. The normalized spacial score (nSPS) is 19.2. The van der Waals surface area contributed by atoms with Crippen LogP contribution in [0.1, 0.15) is 32.2 Å². The van der Waals surface area contributed by atoms with Crippen molar-refractivity contribution < 1.29 is 18.3 Å². The zero-order chi connectivity index (χ0) is 21.3. The number of halogens is 3. The largest absolute Gasteiger partial charge is 0.507 e. The number of phenols is 1. The molecule has 30 heavy (non-hydrogen) atoms. The maximum Gasteiger partial charge on any atom is 0.333 e. The number of benzene rings is 1. The summed E-state index contributed by atoms with van der Waals surface area (Å²) in [5.74, 6) is 0.521. The molecule has 9 heteroatoms. The van der Waals surface area contributed by atoms with Crippen LogP contribution in [-0.4, -0.2) is 44.3 Å². The van der Waals surface area contributed by atoms with E-state index in [1.165, 1.54) is 18.5 Å². The number of nitrogens with zero attached hydrogens (tertiary/aromatic N) is 5. The topological polar surface area (TPSA) is 67.1 Å². The molecule has 2 atom stereocenters. The first-order valence-electron chi connectivity index (χ1n) is 9.80. The van der Waals surface area contributed by atoms with Gasteiger partial charge in [-0.1, -0.05) is 18.9 Å². The Balaban J connectivity index is 1.54. The predicted molar refractivity (Wildman–Crippen MR) is 107 cm³/mol. The van der Waals surface area contributed by atoms with Gasteiger partial charge in [-0.2, -0.15) is 13.9 Å². The summed E-state index contributed by atoms with van der Waals surface area (Å²) in [7, 11) is 1.82. The number of rotatable bonds is 5. The molecular formula is C21H22F3N5O. The van der Waals surface area contributed by atoms with Crippen LogP contribution in [0.3, 0.4) is 0 Å². The fourth-order valence-electron chi connectivity index (χ4n) is 3.85. The van der Waals surface area contributed by atoms with Gasteiger partial charge in [0.25, 0.3) is 0 Å². The molecule has 0 radical (unpaired) electrons. The molecule has 3 aromatic rings. The zero-order valence-electron chi connectivity index (χ0n) is 16.4. The standard InChI is InChI=1S/C21H22F3N5O/c1-28(18-5-3-2-4-16(18)22)20-9-8-17(26-27-20)15-7-6-13(10-19(15)30)14-11-25-29(12-14)21(23)24/h6-12,16,18,21,30H,2-5H2,1H3/t16-,18+/m1/s1. The van der Waals surface area contributed by atoms with Gasteiger partial charge in [-0.15, -0.1) is 10.2 Å². The third kappa shape index (κ3) is 3.96. The molecule has 2 heterocycles. The molecule has 1 aromatic carbocycles. The van der Waals surface area contributed by atoms with Gasteiger partial charge >= 0.3 is 6.55 Å². The van der Waals surface area contributed by atoms with Gasteiger partial charge in [0.1, 0.15) is 11.9 Å². The Hall–Kier alpha value is -3.10. The highest BCUT2D eigenvalue weighted by molar-refractivity contribution is 5.74. The van der Waals surface area contributed by atoms with Crippen LogP contribution in [-0.2, 0) is 0 Å². The number of aromatic nitrogens is 4. The van der Waals surface area contributed by atoms with E-state index in [1.54, 1.807) is 24.3 Å². The van der Waals surface area contributed by atoms with Gasteiger partial charge in [-0.05, 0) is 42.7 Å². The molecule has 1 aliphatic rings. The van der Waals surface area contributed by atoms with E-state index in [9.17, 15) is 18.3 Å². The molecule has 0 spiro atoms. The Labute approximate surface area is 172 Å². The van der Waals surface area contributed by atoms with Gasteiger partial charge < -0.3 is 10.0 Å². The van der Waals surface area contributed by atoms with Crippen LogP contribution in [0.4, 0.5) is 19.0 Å². The number of hydrogen-bond acceptors (Lipinski definition) is 5. The van der Waals surface area contributed by atoms with E-state index in [-0.39, 0.29) is 11.8 Å². The molecule has 1 fully saturated rings. The smallest absolute Gasteiger partial charge is 0.333 e. The van der Waals surface area contributed by atoms with Crippen LogP contribution in [0.2, 0.25) is 0 Å². The molecule has 6 nitrogen and oxygen atoms in total. The van der Waals surface area contributed by atoms with Crippen molar-refractivity contribution in [2.45, 2.75) is 44.4 Å². The third-order valence-electron chi connectivity index (χ3n) is 5.57. The number of aromatic hydroxyl groups is 1. The second kappa shape index (κ2) is 8.33. The molecule has 0 saturated heterocycles. The monoisotopic (exact) mass is 417 g/mol. The van der Waals surface area contributed by atoms with Crippen LogP contribution in [0, 0.1) is 0 Å². The quantitative estimate of drug-likeness (QED) is 0.644. The summed E-state index contributed by atoms with van der Waals surface area (Å²) >= 11 is 0. The van der Waals surface area contributed by atoms with Crippen molar-refractivity contribution in [3.05, 3.63) is 42.7 Å². The van der Waals surface area contributed by atoms with Crippen molar-refractivity contribution in [1.29, 1.82) is 0 Å². The lowest BCUT2D eigenvalue weighted by Crippen LogP contribution is -2.41. The lowest BCUT2D eigenvalue weighted by molar-refractivity contribution is 0.0566. The second-order valence-corrected chi connectivity index (χ2v) is 7.47. The summed E-state index contributed by atoms with van der Waals surface area (Å²) in [6.07, 6.45) is 4.91. The highest BCUT2D eigenvalue weighted by Crippen LogP contribution is 2.33. The van der Waals surface area contributed by atoms with Crippen molar-refractivity contribution in [1.82, 2.24) is 20.0 Å². The molecule has 1 saturated carbocycles. The summed E-state index contributed by atoms with van der Waals surface area (Å²) in [5, 5.41) is 22.4. The minimum absolute atomic E-state index is 0.0520. The first-order valence-corrected chi connectivity index (χ1v) is 9.80. The second-order valence-electron chi connectivity index (χ2n) is 7.47. The molecule has 158 valence electrons. The van der Waals surface area contributed by atoms with Gasteiger partial charge in [0, 0.05) is 24.4 Å². The third-order valence-corrected chi connectivity index (χ3v) is 5.57. The van der Waals surface area contributed by atoms with Gasteiger partial charge in [-0.3, -0.25) is 0 Å². The fourth-order valence-corrected chi connectivity index (χ4v) is 3.85. The van der Waals surface area contributed by atoms with Crippen molar-refractivity contribution >= 4 is 5.82 Å². The number of alkyl halides is 3.